The summed E-state index contributed by atoms with van der Waals surface area (Å²) in [4.78, 5) is 5.17. The zero-order valence-corrected chi connectivity index (χ0v) is 12.9. The van der Waals surface area contributed by atoms with E-state index in [1.165, 1.54) is 11.8 Å². The van der Waals surface area contributed by atoms with Crippen molar-refractivity contribution in [3.8, 4) is 0 Å². The summed E-state index contributed by atoms with van der Waals surface area (Å²) in [6.45, 7) is 0. The highest BCUT2D eigenvalue weighted by Gasteiger charge is 2.09. The number of hydrogen-bond donors (Lipinski definition) is 0. The molecule has 0 spiro atoms. The van der Waals surface area contributed by atoms with Gasteiger partial charge in [0.1, 0.15) is 10.2 Å². The highest BCUT2D eigenvalue weighted by molar-refractivity contribution is 9.10. The third kappa shape index (κ3) is 3.52. The maximum Gasteiger partial charge on any atom is 0.149 e. The Hall–Kier alpha value is 0.0700. The fourth-order valence-corrected chi connectivity index (χ4v) is 3.21. The summed E-state index contributed by atoms with van der Waals surface area (Å²) in [7, 11) is 0. The van der Waals surface area contributed by atoms with Crippen molar-refractivity contribution in [3.05, 3.63) is 50.0 Å². The van der Waals surface area contributed by atoms with Crippen LogP contribution in [0.3, 0.4) is 0 Å². The molecule has 0 saturated carbocycles. The highest BCUT2D eigenvalue weighted by Crippen LogP contribution is 2.36. The van der Waals surface area contributed by atoms with Crippen LogP contribution in [-0.2, 0) is 0 Å². The molecule has 1 aromatic heterocycles. The van der Waals surface area contributed by atoms with Crippen LogP contribution in [0.5, 0.6) is 0 Å². The molecule has 17 heavy (non-hydrogen) atoms. The Morgan fingerprint density at radius 3 is 2.53 bits per heavy atom. The van der Waals surface area contributed by atoms with Gasteiger partial charge < -0.3 is 0 Å². The normalized spacial score (nSPS) is 10.6. The van der Waals surface area contributed by atoms with Crippen LogP contribution in [0, 0.1) is 0 Å². The molecule has 0 atom stereocenters. The smallest absolute Gasteiger partial charge is 0.149 e. The molecule has 0 radical (unpaired) electrons. The molecule has 0 aliphatic heterocycles. The summed E-state index contributed by atoms with van der Waals surface area (Å²) in [5.74, 6) is 0. The summed E-state index contributed by atoms with van der Waals surface area (Å²) in [6, 6.07) is 9.44. The molecule has 88 valence electrons. The van der Waals surface area contributed by atoms with Crippen molar-refractivity contribution in [3.63, 3.8) is 0 Å². The summed E-state index contributed by atoms with van der Waals surface area (Å²) < 4.78 is 0.999. The first kappa shape index (κ1) is 13.5. The van der Waals surface area contributed by atoms with Gasteiger partial charge in [0.2, 0.25) is 0 Å². The third-order valence-electron chi connectivity index (χ3n) is 1.87. The molecule has 0 fully saturated rings. The van der Waals surface area contributed by atoms with Gasteiger partial charge in [0.15, 0.2) is 0 Å². The van der Waals surface area contributed by atoms with Gasteiger partial charge >= 0.3 is 0 Å². The predicted octanol–water partition coefficient (Wildman–Crippen LogP) is 5.96. The van der Waals surface area contributed by atoms with Gasteiger partial charge in [-0.05, 0) is 24.3 Å². The van der Waals surface area contributed by atoms with E-state index in [2.05, 4.69) is 20.9 Å². The highest BCUT2D eigenvalue weighted by atomic mass is 79.9. The van der Waals surface area contributed by atoms with Crippen LogP contribution in [0.4, 0.5) is 0 Å². The molecule has 2 aromatic rings. The fourth-order valence-electron chi connectivity index (χ4n) is 1.14. The van der Waals surface area contributed by atoms with Gasteiger partial charge in [0, 0.05) is 9.37 Å². The Morgan fingerprint density at radius 2 is 1.82 bits per heavy atom. The maximum atomic E-state index is 6.05. The second-order valence-corrected chi connectivity index (χ2v) is 6.26. The monoisotopic (exact) mass is 367 g/mol. The Labute approximate surface area is 127 Å². The van der Waals surface area contributed by atoms with Gasteiger partial charge in [-0.15, -0.1) is 0 Å². The molecular formula is C11H5BrCl3NS. The maximum absolute atomic E-state index is 6.05. The lowest BCUT2D eigenvalue weighted by Crippen LogP contribution is -1.84. The van der Waals surface area contributed by atoms with Crippen molar-refractivity contribution in [1.29, 1.82) is 0 Å². The quantitative estimate of drug-likeness (QED) is 0.606. The van der Waals surface area contributed by atoms with E-state index in [0.717, 1.165) is 9.37 Å². The number of rotatable bonds is 2. The van der Waals surface area contributed by atoms with Crippen molar-refractivity contribution < 1.29 is 0 Å². The number of halogens is 4. The van der Waals surface area contributed by atoms with Crippen LogP contribution in [0.25, 0.3) is 0 Å². The van der Waals surface area contributed by atoms with Gasteiger partial charge in [0.25, 0.3) is 0 Å². The van der Waals surface area contributed by atoms with E-state index in [4.69, 9.17) is 34.8 Å². The van der Waals surface area contributed by atoms with Gasteiger partial charge in [-0.1, -0.05) is 68.6 Å². The molecule has 0 aliphatic rings. The summed E-state index contributed by atoms with van der Waals surface area (Å²) in [5, 5.41) is 1.74. The van der Waals surface area contributed by atoms with Crippen LogP contribution < -0.4 is 0 Å². The lowest BCUT2D eigenvalue weighted by atomic mass is 10.4. The van der Waals surface area contributed by atoms with Crippen LogP contribution >= 0.6 is 62.5 Å². The van der Waals surface area contributed by atoms with Crippen molar-refractivity contribution in [2.45, 2.75) is 9.92 Å². The molecule has 0 saturated heterocycles. The average Bonchev–Trinajstić information content (AvgIpc) is 2.26. The van der Waals surface area contributed by atoms with Crippen LogP contribution in [0.1, 0.15) is 0 Å². The van der Waals surface area contributed by atoms with Crippen LogP contribution in [0.2, 0.25) is 15.2 Å². The number of aromatic nitrogens is 1. The summed E-state index contributed by atoms with van der Waals surface area (Å²) >= 11 is 22.6. The third-order valence-corrected chi connectivity index (χ3v) is 4.43. The van der Waals surface area contributed by atoms with Gasteiger partial charge in [-0.2, -0.15) is 0 Å². The van der Waals surface area contributed by atoms with E-state index in [0.29, 0.717) is 15.1 Å². The first-order chi connectivity index (χ1) is 8.06. The van der Waals surface area contributed by atoms with E-state index in [-0.39, 0.29) is 5.15 Å². The minimum Gasteiger partial charge on any atom is -0.226 e. The topological polar surface area (TPSA) is 12.9 Å². The van der Waals surface area contributed by atoms with Crippen LogP contribution in [0.15, 0.2) is 44.7 Å². The minimum absolute atomic E-state index is 0.258. The molecule has 1 nitrogen and oxygen atoms in total. The minimum atomic E-state index is 0.258. The molecule has 0 amide bonds. The standard InChI is InChI=1S/C11H5BrCl3NS/c12-6-2-1-3-7(4-6)17-11-9(14)5-8(13)10(15)16-11/h1-5H. The fraction of sp³-hybridized carbons (Fsp3) is 0. The lowest BCUT2D eigenvalue weighted by molar-refractivity contribution is 1.13. The van der Waals surface area contributed by atoms with E-state index in [9.17, 15) is 0 Å². The first-order valence-electron chi connectivity index (χ1n) is 4.51. The SMILES string of the molecule is Clc1cc(Cl)c(Sc2cccc(Br)c2)nc1Cl. The number of benzene rings is 1. The first-order valence-corrected chi connectivity index (χ1v) is 7.25. The van der Waals surface area contributed by atoms with Crippen LogP contribution in [-0.4, -0.2) is 4.98 Å². The lowest BCUT2D eigenvalue weighted by Gasteiger charge is -2.05. The molecule has 0 aliphatic carbocycles. The van der Waals surface area contributed by atoms with E-state index < -0.39 is 0 Å². The predicted molar refractivity (Wildman–Crippen MR) is 77.5 cm³/mol. The van der Waals surface area contributed by atoms with E-state index in [1.807, 2.05) is 24.3 Å². The van der Waals surface area contributed by atoms with Gasteiger partial charge in [0.05, 0.1) is 10.0 Å². The number of hydrogen-bond acceptors (Lipinski definition) is 2. The Bertz CT molecular complexity index is 562. The number of pyridine rings is 1. The summed E-state index contributed by atoms with van der Waals surface area (Å²) in [5.41, 5.74) is 0. The molecule has 0 bridgehead atoms. The van der Waals surface area contributed by atoms with E-state index in [1.54, 1.807) is 6.07 Å². The van der Waals surface area contributed by atoms with E-state index >= 15 is 0 Å². The molecule has 2 rings (SSSR count). The number of nitrogens with zero attached hydrogens (tertiary/aromatic N) is 1. The zero-order valence-electron chi connectivity index (χ0n) is 8.25. The summed E-state index contributed by atoms with van der Waals surface area (Å²) in [6.07, 6.45) is 0. The van der Waals surface area contributed by atoms with Gasteiger partial charge in [-0.25, -0.2) is 4.98 Å². The molecule has 1 heterocycles. The van der Waals surface area contributed by atoms with Crippen molar-refractivity contribution in [2.75, 3.05) is 0 Å². The average molecular weight is 369 g/mol. The molecule has 0 N–H and O–H groups in total. The molecule has 1 aromatic carbocycles. The molecular weight excluding hydrogens is 364 g/mol. The second kappa shape index (κ2) is 5.81. The van der Waals surface area contributed by atoms with Crippen molar-refractivity contribution in [2.24, 2.45) is 0 Å². The van der Waals surface area contributed by atoms with Gasteiger partial charge in [-0.3, -0.25) is 0 Å². The Balaban J connectivity index is 2.33. The largest absolute Gasteiger partial charge is 0.226 e. The Morgan fingerprint density at radius 1 is 1.06 bits per heavy atom. The molecule has 0 unspecified atom stereocenters. The Kier molecular flexibility index (Phi) is 4.61. The van der Waals surface area contributed by atoms with Crippen molar-refractivity contribution >= 4 is 62.5 Å². The zero-order chi connectivity index (χ0) is 12.4. The second-order valence-electron chi connectivity index (χ2n) is 3.11. The van der Waals surface area contributed by atoms with Crippen molar-refractivity contribution in [1.82, 2.24) is 4.98 Å². The molecule has 6 heteroatoms.